The van der Waals surface area contributed by atoms with Crippen LogP contribution in [0.4, 0.5) is 0 Å². The van der Waals surface area contributed by atoms with E-state index in [1.807, 2.05) is 19.1 Å². The second-order valence-corrected chi connectivity index (χ2v) is 7.98. The van der Waals surface area contributed by atoms with E-state index in [0.29, 0.717) is 17.9 Å². The van der Waals surface area contributed by atoms with E-state index in [2.05, 4.69) is 6.92 Å². The van der Waals surface area contributed by atoms with Crippen LogP contribution in [0.3, 0.4) is 0 Å². The van der Waals surface area contributed by atoms with Crippen LogP contribution in [-0.2, 0) is 9.84 Å². The third-order valence-corrected chi connectivity index (χ3v) is 5.58. The monoisotopic (exact) mass is 369 g/mol. The summed E-state index contributed by atoms with van der Waals surface area (Å²) in [6.07, 6.45) is 4.58. The molecule has 0 aliphatic heterocycles. The van der Waals surface area contributed by atoms with Crippen molar-refractivity contribution in [2.75, 3.05) is 6.61 Å². The molecule has 0 N–H and O–H groups in total. The SMILES string of the molecule is CCCCCOc1cccc(C=C(C#N)S(=O)(=O)c2ccc(C)cc2)c1. The van der Waals surface area contributed by atoms with Gasteiger partial charge in [-0.1, -0.05) is 49.6 Å². The average Bonchev–Trinajstić information content (AvgIpc) is 2.64. The maximum atomic E-state index is 12.7. The standard InChI is InChI=1S/C21H23NO3S/c1-3-4-5-13-25-19-8-6-7-18(14-19)15-21(16-22)26(23,24)20-11-9-17(2)10-12-20/h6-12,14-15H,3-5,13H2,1-2H3. The summed E-state index contributed by atoms with van der Waals surface area (Å²) >= 11 is 0. The molecule has 0 bridgehead atoms. The van der Waals surface area contributed by atoms with Gasteiger partial charge in [-0.3, -0.25) is 0 Å². The first-order valence-electron chi connectivity index (χ1n) is 8.64. The topological polar surface area (TPSA) is 67.2 Å². The zero-order valence-corrected chi connectivity index (χ0v) is 15.9. The summed E-state index contributed by atoms with van der Waals surface area (Å²) < 4.78 is 31.1. The Kier molecular flexibility index (Phi) is 6.99. The molecule has 0 atom stereocenters. The van der Waals surface area contributed by atoms with E-state index in [4.69, 9.17) is 4.74 Å². The number of unbranched alkanes of at least 4 members (excludes halogenated alkanes) is 2. The van der Waals surface area contributed by atoms with Crippen LogP contribution in [-0.4, -0.2) is 15.0 Å². The maximum absolute atomic E-state index is 12.7. The van der Waals surface area contributed by atoms with Crippen molar-refractivity contribution in [3.8, 4) is 11.8 Å². The highest BCUT2D eigenvalue weighted by Crippen LogP contribution is 2.23. The minimum absolute atomic E-state index is 0.114. The lowest BCUT2D eigenvalue weighted by Gasteiger charge is -2.07. The van der Waals surface area contributed by atoms with Gasteiger partial charge in [-0.2, -0.15) is 5.26 Å². The highest BCUT2D eigenvalue weighted by molar-refractivity contribution is 7.95. The fourth-order valence-corrected chi connectivity index (χ4v) is 3.56. The molecular formula is C21H23NO3S. The van der Waals surface area contributed by atoms with Crippen LogP contribution in [0.15, 0.2) is 58.3 Å². The van der Waals surface area contributed by atoms with Gasteiger partial charge in [0.1, 0.15) is 16.7 Å². The predicted molar refractivity (Wildman–Crippen MR) is 103 cm³/mol. The largest absolute Gasteiger partial charge is 0.494 e. The molecule has 0 radical (unpaired) electrons. The smallest absolute Gasteiger partial charge is 0.216 e. The molecule has 2 aromatic carbocycles. The maximum Gasteiger partial charge on any atom is 0.216 e. The number of ether oxygens (including phenoxy) is 1. The molecule has 0 amide bonds. The molecule has 0 saturated carbocycles. The van der Waals surface area contributed by atoms with Crippen LogP contribution in [0.2, 0.25) is 0 Å². The van der Waals surface area contributed by atoms with Crippen molar-refractivity contribution in [2.24, 2.45) is 0 Å². The summed E-state index contributed by atoms with van der Waals surface area (Å²) in [5, 5.41) is 9.38. The van der Waals surface area contributed by atoms with Crippen molar-refractivity contribution in [2.45, 2.75) is 38.0 Å². The summed E-state index contributed by atoms with van der Waals surface area (Å²) in [6.45, 7) is 4.63. The molecule has 4 nitrogen and oxygen atoms in total. The molecule has 0 saturated heterocycles. The molecule has 5 heteroatoms. The number of nitrogens with zero attached hydrogens (tertiary/aromatic N) is 1. The number of rotatable bonds is 8. The molecule has 2 rings (SSSR count). The molecule has 2 aromatic rings. The number of aryl methyl sites for hydroxylation is 1. The predicted octanol–water partition coefficient (Wildman–Crippen LogP) is 4.90. The molecule has 0 aliphatic carbocycles. The van der Waals surface area contributed by atoms with Gasteiger partial charge in [0.05, 0.1) is 11.5 Å². The highest BCUT2D eigenvalue weighted by atomic mass is 32.2. The lowest BCUT2D eigenvalue weighted by molar-refractivity contribution is 0.306. The van der Waals surface area contributed by atoms with Crippen molar-refractivity contribution < 1.29 is 13.2 Å². The highest BCUT2D eigenvalue weighted by Gasteiger charge is 2.20. The van der Waals surface area contributed by atoms with Crippen molar-refractivity contribution >= 4 is 15.9 Å². The Morgan fingerprint density at radius 2 is 1.88 bits per heavy atom. The molecule has 0 aliphatic rings. The van der Waals surface area contributed by atoms with E-state index in [9.17, 15) is 13.7 Å². The summed E-state index contributed by atoms with van der Waals surface area (Å²) in [5.41, 5.74) is 1.57. The van der Waals surface area contributed by atoms with Crippen LogP contribution in [0.25, 0.3) is 6.08 Å². The van der Waals surface area contributed by atoms with Crippen molar-refractivity contribution in [3.63, 3.8) is 0 Å². The van der Waals surface area contributed by atoms with E-state index < -0.39 is 9.84 Å². The number of hydrogen-bond donors (Lipinski definition) is 0. The van der Waals surface area contributed by atoms with Crippen molar-refractivity contribution in [3.05, 3.63) is 64.6 Å². The van der Waals surface area contributed by atoms with Gasteiger partial charge in [0.25, 0.3) is 0 Å². The Hall–Kier alpha value is -2.58. The lowest BCUT2D eigenvalue weighted by atomic mass is 10.2. The van der Waals surface area contributed by atoms with Gasteiger partial charge in [-0.25, -0.2) is 8.42 Å². The molecule has 26 heavy (non-hydrogen) atoms. The van der Waals surface area contributed by atoms with Crippen LogP contribution in [0, 0.1) is 18.3 Å². The molecule has 0 heterocycles. The Morgan fingerprint density at radius 1 is 1.15 bits per heavy atom. The number of benzene rings is 2. The van der Waals surface area contributed by atoms with Crippen LogP contribution in [0.5, 0.6) is 5.75 Å². The van der Waals surface area contributed by atoms with E-state index in [1.54, 1.807) is 30.3 Å². The van der Waals surface area contributed by atoms with Gasteiger partial charge in [0, 0.05) is 0 Å². The first-order valence-corrected chi connectivity index (χ1v) is 10.1. The minimum atomic E-state index is -3.84. The summed E-state index contributed by atoms with van der Waals surface area (Å²) in [4.78, 5) is -0.174. The molecule has 136 valence electrons. The van der Waals surface area contributed by atoms with Gasteiger partial charge < -0.3 is 4.74 Å². The van der Waals surface area contributed by atoms with Gasteiger partial charge >= 0.3 is 0 Å². The molecule has 0 spiro atoms. The minimum Gasteiger partial charge on any atom is -0.494 e. The Morgan fingerprint density at radius 3 is 2.54 bits per heavy atom. The summed E-state index contributed by atoms with van der Waals surface area (Å²) in [5.74, 6) is 0.667. The average molecular weight is 369 g/mol. The Balaban J connectivity index is 2.25. The summed E-state index contributed by atoms with van der Waals surface area (Å²) in [7, 11) is -3.84. The van der Waals surface area contributed by atoms with E-state index in [1.165, 1.54) is 18.2 Å². The second kappa shape index (κ2) is 9.21. The van der Waals surface area contributed by atoms with Crippen LogP contribution >= 0.6 is 0 Å². The van der Waals surface area contributed by atoms with E-state index >= 15 is 0 Å². The molecule has 0 aromatic heterocycles. The number of allylic oxidation sites excluding steroid dienone is 1. The third-order valence-electron chi connectivity index (χ3n) is 3.90. The molecule has 0 fully saturated rings. The zero-order chi connectivity index (χ0) is 19.0. The van der Waals surface area contributed by atoms with Crippen molar-refractivity contribution in [1.29, 1.82) is 5.26 Å². The van der Waals surface area contributed by atoms with Gasteiger partial charge in [-0.05, 0) is 49.2 Å². The second-order valence-electron chi connectivity index (χ2n) is 6.06. The van der Waals surface area contributed by atoms with Gasteiger partial charge in [0.15, 0.2) is 0 Å². The van der Waals surface area contributed by atoms with Crippen molar-refractivity contribution in [1.82, 2.24) is 0 Å². The lowest BCUT2D eigenvalue weighted by Crippen LogP contribution is -2.03. The van der Waals surface area contributed by atoms with Gasteiger partial charge in [-0.15, -0.1) is 0 Å². The van der Waals surface area contributed by atoms with Gasteiger partial charge in [0.2, 0.25) is 9.84 Å². The number of hydrogen-bond acceptors (Lipinski definition) is 4. The first kappa shape index (κ1) is 19.7. The number of nitriles is 1. The Labute approximate surface area is 155 Å². The van der Waals surface area contributed by atoms with E-state index in [0.717, 1.165) is 24.8 Å². The first-order chi connectivity index (χ1) is 12.5. The van der Waals surface area contributed by atoms with Crippen LogP contribution in [0.1, 0.15) is 37.3 Å². The van der Waals surface area contributed by atoms with Crippen LogP contribution < -0.4 is 4.74 Å². The third kappa shape index (κ3) is 5.21. The zero-order valence-electron chi connectivity index (χ0n) is 15.1. The molecular weight excluding hydrogens is 346 g/mol. The quantitative estimate of drug-likeness (QED) is 0.490. The molecule has 0 unspecified atom stereocenters. The van der Waals surface area contributed by atoms with E-state index in [-0.39, 0.29) is 9.80 Å². The number of sulfone groups is 1. The fraction of sp³-hybridized carbons (Fsp3) is 0.286. The normalized spacial score (nSPS) is 11.8. The Bertz CT molecular complexity index is 907. The summed E-state index contributed by atoms with van der Waals surface area (Å²) in [6, 6.07) is 15.4. The fourth-order valence-electron chi connectivity index (χ4n) is 2.40.